The summed E-state index contributed by atoms with van der Waals surface area (Å²) < 4.78 is 46.8. The van der Waals surface area contributed by atoms with Gasteiger partial charge in [0, 0.05) is 48.7 Å². The number of nitriles is 1. The van der Waals surface area contributed by atoms with Gasteiger partial charge >= 0.3 is 0 Å². The first-order valence-corrected chi connectivity index (χ1v) is 11.7. The van der Waals surface area contributed by atoms with Crippen LogP contribution in [0, 0.1) is 23.0 Å². The van der Waals surface area contributed by atoms with Gasteiger partial charge in [-0.15, -0.1) is 0 Å². The topological polar surface area (TPSA) is 105 Å². The fourth-order valence-corrected chi connectivity index (χ4v) is 3.98. The average molecular weight is 504 g/mol. The predicted octanol–water partition coefficient (Wildman–Crippen LogP) is 6.15. The lowest BCUT2D eigenvalue weighted by Gasteiger charge is -2.16. The van der Waals surface area contributed by atoms with E-state index in [2.05, 4.69) is 26.3 Å². The maximum absolute atomic E-state index is 15.0. The van der Waals surface area contributed by atoms with Gasteiger partial charge in [0.2, 0.25) is 0 Å². The lowest BCUT2D eigenvalue weighted by Crippen LogP contribution is -2.21. The third-order valence-corrected chi connectivity index (χ3v) is 5.57. The van der Waals surface area contributed by atoms with Gasteiger partial charge in [-0.3, -0.25) is 0 Å². The summed E-state index contributed by atoms with van der Waals surface area (Å²) in [7, 11) is 0. The van der Waals surface area contributed by atoms with Crippen molar-refractivity contribution in [2.75, 3.05) is 18.5 Å². The molecule has 0 atom stereocenters. The van der Waals surface area contributed by atoms with Crippen molar-refractivity contribution in [2.45, 2.75) is 26.4 Å². The van der Waals surface area contributed by atoms with E-state index in [0.29, 0.717) is 46.6 Å². The molecule has 37 heavy (non-hydrogen) atoms. The maximum Gasteiger partial charge on any atom is 0.289 e. The van der Waals surface area contributed by atoms with E-state index in [1.807, 2.05) is 13.8 Å². The fraction of sp³-hybridized carbons (Fsp3) is 0.222. The number of nitrogens with one attached hydrogen (secondary N) is 2. The van der Waals surface area contributed by atoms with Crippen molar-refractivity contribution in [3.63, 3.8) is 0 Å². The monoisotopic (exact) mass is 503 g/mol. The number of aliphatic imine (C=N–C) groups is 1. The first-order valence-electron chi connectivity index (χ1n) is 11.7. The molecule has 0 saturated carbocycles. The minimum Gasteiger partial charge on any atom is -0.490 e. The molecule has 5 rings (SSSR count). The van der Waals surface area contributed by atoms with Crippen LogP contribution in [-0.4, -0.2) is 35.2 Å². The van der Waals surface area contributed by atoms with E-state index in [1.54, 1.807) is 24.4 Å². The number of hydrogen-bond donors (Lipinski definition) is 2. The highest BCUT2D eigenvalue weighted by Crippen LogP contribution is 2.39. The molecule has 10 heteroatoms. The van der Waals surface area contributed by atoms with Crippen LogP contribution in [-0.2, 0) is 4.74 Å². The second-order valence-corrected chi connectivity index (χ2v) is 8.61. The molecule has 0 fully saturated rings. The summed E-state index contributed by atoms with van der Waals surface area (Å²) in [6, 6.07) is 11.3. The fourth-order valence-electron chi connectivity index (χ4n) is 3.98. The summed E-state index contributed by atoms with van der Waals surface area (Å²) in [5, 5.41) is 12.9. The number of ether oxygens (including phenoxy) is 3. The van der Waals surface area contributed by atoms with Crippen molar-refractivity contribution in [1.82, 2.24) is 9.97 Å². The number of amidine groups is 1. The van der Waals surface area contributed by atoms with E-state index in [0.717, 1.165) is 18.6 Å². The Labute approximate surface area is 211 Å². The van der Waals surface area contributed by atoms with E-state index < -0.39 is 17.4 Å². The highest BCUT2D eigenvalue weighted by Gasteiger charge is 2.20. The Balaban J connectivity index is 1.50. The van der Waals surface area contributed by atoms with Crippen molar-refractivity contribution in [1.29, 1.82) is 5.26 Å². The molecule has 3 heterocycles. The van der Waals surface area contributed by atoms with E-state index in [1.165, 1.54) is 12.3 Å². The molecule has 0 radical (unpaired) electrons. The summed E-state index contributed by atoms with van der Waals surface area (Å²) in [6.07, 6.45) is 3.87. The third kappa shape index (κ3) is 5.02. The molecule has 2 aromatic carbocycles. The van der Waals surface area contributed by atoms with Crippen molar-refractivity contribution in [2.24, 2.45) is 4.99 Å². The van der Waals surface area contributed by atoms with Gasteiger partial charge in [-0.05, 0) is 37.6 Å². The van der Waals surface area contributed by atoms with Crippen molar-refractivity contribution < 1.29 is 23.0 Å². The highest BCUT2D eigenvalue weighted by atomic mass is 19.1. The van der Waals surface area contributed by atoms with E-state index in [9.17, 15) is 14.0 Å². The zero-order chi connectivity index (χ0) is 25.9. The molecule has 2 aromatic heterocycles. The Morgan fingerprint density at radius 1 is 1.14 bits per heavy atom. The normalized spacial score (nSPS) is 13.1. The van der Waals surface area contributed by atoms with E-state index in [4.69, 9.17) is 14.2 Å². The number of anilines is 1. The van der Waals surface area contributed by atoms with Crippen LogP contribution >= 0.6 is 0 Å². The largest absolute Gasteiger partial charge is 0.490 e. The number of hydrogen-bond acceptors (Lipinski definition) is 7. The van der Waals surface area contributed by atoms with Gasteiger partial charge in [0.05, 0.1) is 23.7 Å². The minimum absolute atomic E-state index is 0.0928. The molecule has 0 aliphatic carbocycles. The van der Waals surface area contributed by atoms with Crippen molar-refractivity contribution >= 4 is 22.7 Å². The van der Waals surface area contributed by atoms with Crippen LogP contribution in [0.25, 0.3) is 22.2 Å². The second kappa shape index (κ2) is 10.1. The molecule has 0 spiro atoms. The summed E-state index contributed by atoms with van der Waals surface area (Å²) in [5.74, 6) is -1.69. The van der Waals surface area contributed by atoms with Gasteiger partial charge in [-0.1, -0.05) is 6.07 Å². The predicted molar refractivity (Wildman–Crippen MR) is 135 cm³/mol. The van der Waals surface area contributed by atoms with Gasteiger partial charge in [0.1, 0.15) is 23.2 Å². The summed E-state index contributed by atoms with van der Waals surface area (Å²) in [6.45, 7) is 4.82. The Hall–Kier alpha value is -4.65. The van der Waals surface area contributed by atoms with Crippen LogP contribution in [0.5, 0.6) is 17.2 Å². The SMILES string of the molecule is CC(C)Oc1ccc(-c2c[nH]c3nccc(Oc4c(F)cc(NC5=NCCCO5)cc4F)c23)cc1C#N. The standard InChI is InChI=1S/C27H23F2N5O3/c1-15(2)36-22-5-4-16(10-17(22)13-30)19-14-33-26-24(19)23(6-8-31-26)37-25-20(28)11-18(12-21(25)29)34-27-32-7-3-9-35-27/h4-6,8,10-12,14-15H,3,7,9H2,1-2H3,(H,31,33)(H,32,34). The van der Waals surface area contributed by atoms with Gasteiger partial charge < -0.3 is 24.5 Å². The average Bonchev–Trinajstić information content (AvgIpc) is 3.32. The molecule has 188 valence electrons. The number of H-pyrrole nitrogens is 1. The first kappa shape index (κ1) is 24.1. The zero-order valence-corrected chi connectivity index (χ0v) is 20.1. The Kier molecular flexibility index (Phi) is 6.60. The van der Waals surface area contributed by atoms with Crippen LogP contribution < -0.4 is 14.8 Å². The number of aromatic nitrogens is 2. The lowest BCUT2D eigenvalue weighted by atomic mass is 10.0. The van der Waals surface area contributed by atoms with E-state index >= 15 is 0 Å². The molecule has 0 saturated heterocycles. The van der Waals surface area contributed by atoms with Crippen molar-refractivity contribution in [3.05, 3.63) is 66.0 Å². The molecule has 2 N–H and O–H groups in total. The third-order valence-electron chi connectivity index (χ3n) is 5.57. The zero-order valence-electron chi connectivity index (χ0n) is 20.1. The Bertz CT molecular complexity index is 1520. The number of halogens is 2. The number of benzene rings is 2. The quantitative estimate of drug-likeness (QED) is 0.327. The number of nitrogens with zero attached hydrogens (tertiary/aromatic N) is 3. The molecule has 0 amide bonds. The highest BCUT2D eigenvalue weighted by molar-refractivity contribution is 5.98. The molecular formula is C27H23F2N5O3. The number of pyridine rings is 1. The van der Waals surface area contributed by atoms with E-state index in [-0.39, 0.29) is 23.6 Å². The number of rotatable bonds is 6. The van der Waals surface area contributed by atoms with Gasteiger partial charge in [-0.25, -0.2) is 18.8 Å². The number of aromatic amines is 1. The maximum atomic E-state index is 15.0. The molecular weight excluding hydrogens is 480 g/mol. The molecule has 1 aliphatic heterocycles. The van der Waals surface area contributed by atoms with Crippen LogP contribution in [0.2, 0.25) is 0 Å². The van der Waals surface area contributed by atoms with Crippen molar-refractivity contribution in [3.8, 4) is 34.4 Å². The molecule has 1 aliphatic rings. The van der Waals surface area contributed by atoms with Gasteiger partial charge in [-0.2, -0.15) is 5.26 Å². The molecule has 0 unspecified atom stereocenters. The summed E-state index contributed by atoms with van der Waals surface area (Å²) in [4.78, 5) is 11.5. The second-order valence-electron chi connectivity index (χ2n) is 8.61. The Morgan fingerprint density at radius 3 is 2.65 bits per heavy atom. The summed E-state index contributed by atoms with van der Waals surface area (Å²) in [5.41, 5.74) is 2.31. The lowest BCUT2D eigenvalue weighted by molar-refractivity contribution is 0.242. The molecule has 8 nitrogen and oxygen atoms in total. The van der Waals surface area contributed by atoms with Crippen LogP contribution in [0.1, 0.15) is 25.8 Å². The smallest absolute Gasteiger partial charge is 0.289 e. The first-order chi connectivity index (χ1) is 17.9. The van der Waals surface area contributed by atoms with Crippen LogP contribution in [0.4, 0.5) is 14.5 Å². The van der Waals surface area contributed by atoms with Crippen LogP contribution in [0.3, 0.4) is 0 Å². The van der Waals surface area contributed by atoms with Crippen LogP contribution in [0.15, 0.2) is 53.8 Å². The van der Waals surface area contributed by atoms with Gasteiger partial charge in [0.15, 0.2) is 17.4 Å². The number of fused-ring (bicyclic) bond motifs is 1. The minimum atomic E-state index is -0.900. The Morgan fingerprint density at radius 2 is 1.95 bits per heavy atom. The molecule has 4 aromatic rings. The molecule has 0 bridgehead atoms. The summed E-state index contributed by atoms with van der Waals surface area (Å²) >= 11 is 0. The van der Waals surface area contributed by atoms with Gasteiger partial charge in [0.25, 0.3) is 6.02 Å².